The number of nitrogens with one attached hydrogen (secondary N) is 1. The highest BCUT2D eigenvalue weighted by Crippen LogP contribution is 2.21. The lowest BCUT2D eigenvalue weighted by atomic mass is 10.1. The minimum absolute atomic E-state index is 0.762. The highest BCUT2D eigenvalue weighted by Gasteiger charge is 2.19. The third kappa shape index (κ3) is 3.00. The molecule has 1 N–H and O–H groups in total. The van der Waals surface area contributed by atoms with Gasteiger partial charge in [-0.25, -0.2) is 0 Å². The van der Waals surface area contributed by atoms with Crippen LogP contribution in [0.25, 0.3) is 10.9 Å². The first kappa shape index (κ1) is 12.3. The van der Waals surface area contributed by atoms with Crippen LogP contribution in [0, 0.1) is 12.3 Å². The van der Waals surface area contributed by atoms with E-state index in [0.717, 1.165) is 32.0 Å². The summed E-state index contributed by atoms with van der Waals surface area (Å²) in [5.41, 5.74) is 2.70. The molecule has 2 heteroatoms. The summed E-state index contributed by atoms with van der Waals surface area (Å²) in [5, 5.41) is 4.88. The topological polar surface area (TPSA) is 17.0 Å². The number of nitrogens with zero attached hydrogens (tertiary/aromatic N) is 1. The predicted octanol–water partition coefficient (Wildman–Crippen LogP) is 3.31. The minimum atomic E-state index is 0.762. The average Bonchev–Trinajstić information content (AvgIpc) is 3.18. The van der Waals surface area contributed by atoms with Gasteiger partial charge in [-0.15, -0.1) is 12.3 Å². The molecule has 1 fully saturated rings. The molecule has 0 unspecified atom stereocenters. The summed E-state index contributed by atoms with van der Waals surface area (Å²) >= 11 is 0. The second kappa shape index (κ2) is 5.50. The number of aromatic nitrogens is 1. The first-order valence-electron chi connectivity index (χ1n) is 7.11. The van der Waals surface area contributed by atoms with Crippen molar-refractivity contribution in [2.24, 2.45) is 0 Å². The van der Waals surface area contributed by atoms with Crippen LogP contribution < -0.4 is 5.32 Å². The Kier molecular flexibility index (Phi) is 3.57. The molecular formula is C17H20N2. The van der Waals surface area contributed by atoms with Gasteiger partial charge in [0.15, 0.2) is 0 Å². The Morgan fingerprint density at radius 3 is 3.00 bits per heavy atom. The molecule has 1 aromatic heterocycles. The highest BCUT2D eigenvalue weighted by atomic mass is 15.0. The van der Waals surface area contributed by atoms with Crippen molar-refractivity contribution in [3.63, 3.8) is 0 Å². The van der Waals surface area contributed by atoms with E-state index in [4.69, 9.17) is 6.42 Å². The van der Waals surface area contributed by atoms with Gasteiger partial charge in [-0.2, -0.15) is 0 Å². The van der Waals surface area contributed by atoms with Crippen LogP contribution in [-0.4, -0.2) is 10.6 Å². The summed E-state index contributed by atoms with van der Waals surface area (Å²) < 4.78 is 2.31. The normalized spacial score (nSPS) is 14.7. The average molecular weight is 252 g/mol. The van der Waals surface area contributed by atoms with Crippen molar-refractivity contribution in [1.29, 1.82) is 0 Å². The van der Waals surface area contributed by atoms with Crippen LogP contribution in [0.4, 0.5) is 0 Å². The van der Waals surface area contributed by atoms with Crippen molar-refractivity contribution in [2.75, 3.05) is 0 Å². The van der Waals surface area contributed by atoms with Gasteiger partial charge in [0.2, 0.25) is 0 Å². The molecule has 0 aliphatic heterocycles. The number of fused-ring (bicyclic) bond motifs is 1. The maximum Gasteiger partial charge on any atom is 0.0483 e. The monoisotopic (exact) mass is 252 g/mol. The van der Waals surface area contributed by atoms with E-state index in [2.05, 4.69) is 46.3 Å². The molecule has 0 amide bonds. The summed E-state index contributed by atoms with van der Waals surface area (Å²) in [6.07, 6.45) is 12.0. The summed E-state index contributed by atoms with van der Waals surface area (Å²) in [6.45, 7) is 1.99. The van der Waals surface area contributed by atoms with E-state index in [1.165, 1.54) is 29.3 Å². The fourth-order valence-corrected chi connectivity index (χ4v) is 2.44. The Morgan fingerprint density at radius 2 is 2.21 bits per heavy atom. The number of hydrogen-bond acceptors (Lipinski definition) is 1. The Morgan fingerprint density at radius 1 is 1.32 bits per heavy atom. The molecule has 98 valence electrons. The summed E-state index contributed by atoms with van der Waals surface area (Å²) in [6, 6.07) is 9.70. The van der Waals surface area contributed by atoms with Gasteiger partial charge in [-0.1, -0.05) is 12.1 Å². The molecule has 1 aromatic carbocycles. The Labute approximate surface area is 114 Å². The molecule has 3 rings (SSSR count). The van der Waals surface area contributed by atoms with E-state index in [1.807, 2.05) is 0 Å². The van der Waals surface area contributed by atoms with Gasteiger partial charge in [-0.3, -0.25) is 0 Å². The van der Waals surface area contributed by atoms with Crippen molar-refractivity contribution in [3.05, 3.63) is 36.0 Å². The fraction of sp³-hybridized carbons (Fsp3) is 0.412. The number of hydrogen-bond donors (Lipinski definition) is 1. The van der Waals surface area contributed by atoms with Gasteiger partial charge in [0.1, 0.15) is 0 Å². The SMILES string of the molecule is C#CCCCn1ccc2ccc(CNC3CC3)cc21. The third-order valence-corrected chi connectivity index (χ3v) is 3.73. The van der Waals surface area contributed by atoms with E-state index in [1.54, 1.807) is 0 Å². The third-order valence-electron chi connectivity index (χ3n) is 3.73. The second-order valence-electron chi connectivity index (χ2n) is 5.37. The van der Waals surface area contributed by atoms with Crippen LogP contribution in [0.1, 0.15) is 31.2 Å². The zero-order chi connectivity index (χ0) is 13.1. The van der Waals surface area contributed by atoms with Crippen LogP contribution in [-0.2, 0) is 13.1 Å². The lowest BCUT2D eigenvalue weighted by molar-refractivity contribution is 0.673. The zero-order valence-corrected chi connectivity index (χ0v) is 11.2. The standard InChI is InChI=1S/C17H20N2/c1-2-3-4-10-19-11-9-15-6-5-14(12-17(15)19)13-18-16-7-8-16/h1,5-6,9,11-12,16,18H,3-4,7-8,10,13H2. The van der Waals surface area contributed by atoms with Crippen molar-refractivity contribution < 1.29 is 0 Å². The smallest absolute Gasteiger partial charge is 0.0483 e. The van der Waals surface area contributed by atoms with Crippen molar-refractivity contribution >= 4 is 10.9 Å². The quantitative estimate of drug-likeness (QED) is 0.616. The van der Waals surface area contributed by atoms with E-state index in [0.29, 0.717) is 0 Å². The number of aryl methyl sites for hydroxylation is 1. The van der Waals surface area contributed by atoms with E-state index >= 15 is 0 Å². The number of benzene rings is 1. The summed E-state index contributed by atoms with van der Waals surface area (Å²) in [5.74, 6) is 2.71. The zero-order valence-electron chi connectivity index (χ0n) is 11.2. The molecule has 0 spiro atoms. The largest absolute Gasteiger partial charge is 0.347 e. The molecule has 0 atom stereocenters. The molecule has 2 nitrogen and oxygen atoms in total. The van der Waals surface area contributed by atoms with Crippen molar-refractivity contribution in [2.45, 2.75) is 44.8 Å². The van der Waals surface area contributed by atoms with Gasteiger partial charge >= 0.3 is 0 Å². The molecule has 1 aliphatic carbocycles. The van der Waals surface area contributed by atoms with Gasteiger partial charge in [0.05, 0.1) is 0 Å². The summed E-state index contributed by atoms with van der Waals surface area (Å²) in [7, 11) is 0. The van der Waals surface area contributed by atoms with Crippen molar-refractivity contribution in [3.8, 4) is 12.3 Å². The number of terminal acetylenes is 1. The molecule has 0 radical (unpaired) electrons. The Hall–Kier alpha value is -1.72. The van der Waals surface area contributed by atoms with Crippen molar-refractivity contribution in [1.82, 2.24) is 9.88 Å². The molecule has 19 heavy (non-hydrogen) atoms. The minimum Gasteiger partial charge on any atom is -0.347 e. The van der Waals surface area contributed by atoms with E-state index < -0.39 is 0 Å². The summed E-state index contributed by atoms with van der Waals surface area (Å²) in [4.78, 5) is 0. The first-order chi connectivity index (χ1) is 9.36. The van der Waals surface area contributed by atoms with E-state index in [-0.39, 0.29) is 0 Å². The Balaban J connectivity index is 1.74. The highest BCUT2D eigenvalue weighted by molar-refractivity contribution is 5.80. The van der Waals surface area contributed by atoms with Gasteiger partial charge < -0.3 is 9.88 Å². The molecule has 0 saturated heterocycles. The Bertz CT molecular complexity index is 599. The first-order valence-corrected chi connectivity index (χ1v) is 7.11. The number of unbranched alkanes of at least 4 members (excludes halogenated alkanes) is 1. The molecule has 1 saturated carbocycles. The lowest BCUT2D eigenvalue weighted by Crippen LogP contribution is -2.15. The maximum atomic E-state index is 5.31. The van der Waals surface area contributed by atoms with Gasteiger partial charge in [-0.05, 0) is 42.3 Å². The second-order valence-corrected chi connectivity index (χ2v) is 5.37. The molecule has 1 aliphatic rings. The van der Waals surface area contributed by atoms with Crippen LogP contribution in [0.5, 0.6) is 0 Å². The molecule has 1 heterocycles. The predicted molar refractivity (Wildman–Crippen MR) is 79.9 cm³/mol. The van der Waals surface area contributed by atoms with E-state index in [9.17, 15) is 0 Å². The molecule has 2 aromatic rings. The molecule has 0 bridgehead atoms. The lowest BCUT2D eigenvalue weighted by Gasteiger charge is -2.07. The fourth-order valence-electron chi connectivity index (χ4n) is 2.44. The van der Waals surface area contributed by atoms with Crippen LogP contribution in [0.3, 0.4) is 0 Å². The van der Waals surface area contributed by atoms with Gasteiger partial charge in [0.25, 0.3) is 0 Å². The van der Waals surface area contributed by atoms with Crippen LogP contribution in [0.15, 0.2) is 30.5 Å². The maximum absolute atomic E-state index is 5.31. The molecular weight excluding hydrogens is 232 g/mol. The van der Waals surface area contributed by atoms with Gasteiger partial charge in [0, 0.05) is 37.3 Å². The number of rotatable bonds is 6. The van der Waals surface area contributed by atoms with Crippen LogP contribution in [0.2, 0.25) is 0 Å². The van der Waals surface area contributed by atoms with Crippen LogP contribution >= 0.6 is 0 Å².